The van der Waals surface area contributed by atoms with Crippen molar-refractivity contribution in [2.24, 2.45) is 0 Å². The molecule has 1 aliphatic rings. The summed E-state index contributed by atoms with van der Waals surface area (Å²) in [5, 5.41) is 6.32. The van der Waals surface area contributed by atoms with Gasteiger partial charge in [0.1, 0.15) is 5.60 Å². The highest BCUT2D eigenvalue weighted by Crippen LogP contribution is 2.12. The highest BCUT2D eigenvalue weighted by atomic mass is 16.6. The van der Waals surface area contributed by atoms with Crippen molar-refractivity contribution in [3.63, 3.8) is 0 Å². The molecule has 5 nitrogen and oxygen atoms in total. The third-order valence-electron chi connectivity index (χ3n) is 3.50. The van der Waals surface area contributed by atoms with Gasteiger partial charge in [0.15, 0.2) is 0 Å². The average molecular weight is 271 g/mol. The number of amides is 1. The van der Waals surface area contributed by atoms with Crippen molar-refractivity contribution >= 4 is 6.09 Å². The first-order valence-electron chi connectivity index (χ1n) is 7.22. The van der Waals surface area contributed by atoms with Gasteiger partial charge in [-0.2, -0.15) is 0 Å². The first-order valence-corrected chi connectivity index (χ1v) is 7.22. The highest BCUT2D eigenvalue weighted by Gasteiger charge is 2.23. The van der Waals surface area contributed by atoms with E-state index in [4.69, 9.17) is 4.74 Å². The van der Waals surface area contributed by atoms with Gasteiger partial charge in [0.2, 0.25) is 0 Å². The van der Waals surface area contributed by atoms with Gasteiger partial charge in [-0.25, -0.2) is 4.79 Å². The number of nitrogens with zero attached hydrogens (tertiary/aromatic N) is 1. The van der Waals surface area contributed by atoms with Crippen LogP contribution in [0.2, 0.25) is 0 Å². The number of hydrogen-bond acceptors (Lipinski definition) is 4. The molecule has 5 heteroatoms. The van der Waals surface area contributed by atoms with Gasteiger partial charge in [-0.1, -0.05) is 6.92 Å². The normalized spacial score (nSPS) is 24.3. The second-order valence-electron chi connectivity index (χ2n) is 6.29. The molecule has 112 valence electrons. The topological polar surface area (TPSA) is 53.6 Å². The van der Waals surface area contributed by atoms with Crippen LogP contribution < -0.4 is 10.6 Å². The second-order valence-corrected chi connectivity index (χ2v) is 6.29. The molecule has 0 radical (unpaired) electrons. The zero-order valence-electron chi connectivity index (χ0n) is 13.0. The van der Waals surface area contributed by atoms with Crippen LogP contribution in [-0.2, 0) is 4.74 Å². The van der Waals surface area contributed by atoms with Crippen molar-refractivity contribution in [3.8, 4) is 0 Å². The minimum Gasteiger partial charge on any atom is -0.444 e. The minimum absolute atomic E-state index is 0.331. The fourth-order valence-corrected chi connectivity index (χ4v) is 2.23. The molecule has 0 bridgehead atoms. The first-order chi connectivity index (χ1) is 8.81. The van der Waals surface area contributed by atoms with Crippen LogP contribution in [0.25, 0.3) is 0 Å². The average Bonchev–Trinajstić information content (AvgIpc) is 2.34. The van der Waals surface area contributed by atoms with Gasteiger partial charge in [0.25, 0.3) is 0 Å². The summed E-state index contributed by atoms with van der Waals surface area (Å²) in [5.41, 5.74) is -0.432. The largest absolute Gasteiger partial charge is 0.444 e. The summed E-state index contributed by atoms with van der Waals surface area (Å²) in [5.74, 6) is 0. The molecule has 0 aromatic heterocycles. The summed E-state index contributed by atoms with van der Waals surface area (Å²) < 4.78 is 5.22. The molecule has 19 heavy (non-hydrogen) atoms. The number of hydrogen-bond donors (Lipinski definition) is 2. The van der Waals surface area contributed by atoms with E-state index in [1.807, 2.05) is 20.8 Å². The highest BCUT2D eigenvalue weighted by molar-refractivity contribution is 5.67. The summed E-state index contributed by atoms with van der Waals surface area (Å²) >= 11 is 0. The molecule has 1 rings (SSSR count). The maximum absolute atomic E-state index is 11.6. The molecule has 0 aromatic rings. The number of rotatable bonds is 4. The van der Waals surface area contributed by atoms with Crippen LogP contribution in [-0.4, -0.2) is 55.4 Å². The van der Waals surface area contributed by atoms with E-state index in [0.29, 0.717) is 18.6 Å². The number of carbonyl (C=O) groups is 1. The van der Waals surface area contributed by atoms with E-state index in [0.717, 1.165) is 19.5 Å². The van der Waals surface area contributed by atoms with Crippen LogP contribution in [0.5, 0.6) is 0 Å². The molecule has 2 unspecified atom stereocenters. The summed E-state index contributed by atoms with van der Waals surface area (Å²) in [6, 6.07) is 0.969. The van der Waals surface area contributed by atoms with Gasteiger partial charge < -0.3 is 20.3 Å². The maximum Gasteiger partial charge on any atom is 0.407 e. The molecule has 1 saturated heterocycles. The van der Waals surface area contributed by atoms with Crippen LogP contribution in [0.4, 0.5) is 4.79 Å². The smallest absolute Gasteiger partial charge is 0.407 e. The standard InChI is InChI=1S/C14H29N3O2/c1-6-17(5)12-8-7-11(15-10-12)9-16-13(18)19-14(2,3)4/h11-12,15H,6-10H2,1-5H3,(H,16,18). The Bertz CT molecular complexity index is 281. The molecule has 1 amide bonds. The number of alkyl carbamates (subject to hydrolysis) is 1. The van der Waals surface area contributed by atoms with Gasteiger partial charge >= 0.3 is 6.09 Å². The van der Waals surface area contributed by atoms with Gasteiger partial charge in [-0.15, -0.1) is 0 Å². The lowest BCUT2D eigenvalue weighted by Crippen LogP contribution is -2.52. The van der Waals surface area contributed by atoms with Crippen molar-refractivity contribution in [2.45, 2.75) is 58.2 Å². The Morgan fingerprint density at radius 1 is 1.42 bits per heavy atom. The Balaban J connectivity index is 2.21. The molecular formula is C14H29N3O2. The molecule has 1 aliphatic heterocycles. The third kappa shape index (κ3) is 6.25. The Morgan fingerprint density at radius 2 is 2.11 bits per heavy atom. The number of piperidine rings is 1. The van der Waals surface area contributed by atoms with Gasteiger partial charge in [-0.3, -0.25) is 0 Å². The predicted molar refractivity (Wildman–Crippen MR) is 77.4 cm³/mol. The lowest BCUT2D eigenvalue weighted by atomic mass is 10.00. The molecule has 1 fully saturated rings. The van der Waals surface area contributed by atoms with Crippen molar-refractivity contribution < 1.29 is 9.53 Å². The van der Waals surface area contributed by atoms with Crippen molar-refractivity contribution in [1.29, 1.82) is 0 Å². The van der Waals surface area contributed by atoms with Crippen molar-refractivity contribution in [3.05, 3.63) is 0 Å². The van der Waals surface area contributed by atoms with E-state index in [1.54, 1.807) is 0 Å². The zero-order valence-corrected chi connectivity index (χ0v) is 13.0. The Hall–Kier alpha value is -0.810. The van der Waals surface area contributed by atoms with E-state index in [1.165, 1.54) is 6.42 Å². The lowest BCUT2D eigenvalue weighted by molar-refractivity contribution is 0.0518. The van der Waals surface area contributed by atoms with Crippen molar-refractivity contribution in [2.75, 3.05) is 26.7 Å². The van der Waals surface area contributed by atoms with E-state index >= 15 is 0 Å². The Kier molecular flexibility index (Phi) is 6.07. The minimum atomic E-state index is -0.432. The van der Waals surface area contributed by atoms with Crippen LogP contribution >= 0.6 is 0 Å². The second kappa shape index (κ2) is 7.10. The van der Waals surface area contributed by atoms with Crippen molar-refractivity contribution in [1.82, 2.24) is 15.5 Å². The van der Waals surface area contributed by atoms with Crippen LogP contribution in [0.3, 0.4) is 0 Å². The zero-order chi connectivity index (χ0) is 14.5. The molecule has 0 aromatic carbocycles. The van der Waals surface area contributed by atoms with Crippen LogP contribution in [0.15, 0.2) is 0 Å². The molecule has 0 spiro atoms. The summed E-state index contributed by atoms with van der Waals surface area (Å²) in [6.07, 6.45) is 1.94. The molecule has 0 saturated carbocycles. The quantitative estimate of drug-likeness (QED) is 0.815. The number of likely N-dealkylation sites (N-methyl/N-ethyl adjacent to an activating group) is 1. The third-order valence-corrected chi connectivity index (χ3v) is 3.50. The van der Waals surface area contributed by atoms with E-state index < -0.39 is 5.60 Å². The molecule has 2 N–H and O–H groups in total. The number of nitrogens with one attached hydrogen (secondary N) is 2. The van der Waals surface area contributed by atoms with E-state index in [2.05, 4.69) is 29.5 Å². The summed E-state index contributed by atoms with van der Waals surface area (Å²) in [7, 11) is 2.16. The van der Waals surface area contributed by atoms with Crippen LogP contribution in [0.1, 0.15) is 40.5 Å². The summed E-state index contributed by atoms with van der Waals surface area (Å²) in [6.45, 7) is 10.5. The van der Waals surface area contributed by atoms with E-state index in [9.17, 15) is 4.79 Å². The summed E-state index contributed by atoms with van der Waals surface area (Å²) in [4.78, 5) is 13.9. The fraction of sp³-hybridized carbons (Fsp3) is 0.929. The van der Waals surface area contributed by atoms with Gasteiger partial charge in [0.05, 0.1) is 0 Å². The predicted octanol–water partition coefficient (Wildman–Crippen LogP) is 1.58. The first kappa shape index (κ1) is 16.2. The molecule has 1 heterocycles. The number of ether oxygens (including phenoxy) is 1. The van der Waals surface area contributed by atoms with E-state index in [-0.39, 0.29) is 6.09 Å². The molecular weight excluding hydrogens is 242 g/mol. The van der Waals surface area contributed by atoms with Gasteiger partial charge in [0, 0.05) is 25.2 Å². The van der Waals surface area contributed by atoms with Gasteiger partial charge in [-0.05, 0) is 47.2 Å². The molecule has 2 atom stereocenters. The SMILES string of the molecule is CCN(C)C1CCC(CNC(=O)OC(C)(C)C)NC1. The molecule has 0 aliphatic carbocycles. The van der Waals surface area contributed by atoms with Crippen LogP contribution in [0, 0.1) is 0 Å². The Morgan fingerprint density at radius 3 is 2.58 bits per heavy atom. The monoisotopic (exact) mass is 271 g/mol. The fourth-order valence-electron chi connectivity index (χ4n) is 2.23. The lowest BCUT2D eigenvalue weighted by Gasteiger charge is -2.35. The number of carbonyl (C=O) groups excluding carboxylic acids is 1. The maximum atomic E-state index is 11.6. The Labute approximate surface area is 117 Å².